The quantitative estimate of drug-likeness (QED) is 0.787. The molecule has 2 amide bonds. The fraction of sp³-hybridized carbons (Fsp3) is 0.333. The summed E-state index contributed by atoms with van der Waals surface area (Å²) in [5, 5.41) is 0. The topological polar surface area (TPSA) is 63.4 Å². The van der Waals surface area contributed by atoms with Crippen LogP contribution in [0.25, 0.3) is 0 Å². The lowest BCUT2D eigenvalue weighted by molar-refractivity contribution is -0.108. The molecule has 0 heterocycles. The van der Waals surface area contributed by atoms with Crippen molar-refractivity contribution in [2.75, 3.05) is 11.9 Å². The van der Waals surface area contributed by atoms with Crippen molar-refractivity contribution in [2.45, 2.75) is 19.3 Å². The molecule has 0 aliphatic rings. The lowest BCUT2D eigenvalue weighted by atomic mass is 9.98. The number of carbonyl (C=O) groups is 2. The maximum atomic E-state index is 11.0. The first kappa shape index (κ1) is 12.2. The molecule has 1 aromatic rings. The largest absolute Gasteiger partial charge is 0.351 e. The minimum Gasteiger partial charge on any atom is -0.351 e. The number of anilines is 1. The Morgan fingerprint density at radius 1 is 1.56 bits per heavy atom. The zero-order valence-corrected chi connectivity index (χ0v) is 9.51. The van der Waals surface area contributed by atoms with Crippen molar-refractivity contribution in [1.29, 1.82) is 0 Å². The van der Waals surface area contributed by atoms with Gasteiger partial charge in [0.15, 0.2) is 0 Å². The summed E-state index contributed by atoms with van der Waals surface area (Å²) in [6, 6.07) is 6.97. The van der Waals surface area contributed by atoms with E-state index >= 15 is 0 Å². The van der Waals surface area contributed by atoms with Crippen LogP contribution >= 0.6 is 0 Å². The smallest absolute Gasteiger partial charge is 0.318 e. The third-order valence-electron chi connectivity index (χ3n) is 2.61. The van der Waals surface area contributed by atoms with Crippen molar-refractivity contribution in [2.24, 2.45) is 5.73 Å². The van der Waals surface area contributed by atoms with Crippen molar-refractivity contribution in [1.82, 2.24) is 0 Å². The number of hydrogen-bond acceptors (Lipinski definition) is 2. The maximum Gasteiger partial charge on any atom is 0.318 e. The molecular formula is C12H16N2O2. The van der Waals surface area contributed by atoms with E-state index in [0.29, 0.717) is 6.42 Å². The van der Waals surface area contributed by atoms with Gasteiger partial charge in [-0.3, -0.25) is 4.90 Å². The number of nitrogens with two attached hydrogens (primary N) is 1. The minimum atomic E-state index is -0.500. The average molecular weight is 220 g/mol. The second-order valence-electron chi connectivity index (χ2n) is 3.80. The van der Waals surface area contributed by atoms with Crippen LogP contribution in [0.1, 0.15) is 24.8 Å². The van der Waals surface area contributed by atoms with Gasteiger partial charge in [0.25, 0.3) is 0 Å². The summed E-state index contributed by atoms with van der Waals surface area (Å²) in [4.78, 5) is 22.8. The summed E-state index contributed by atoms with van der Waals surface area (Å²) in [5.41, 5.74) is 6.95. The van der Waals surface area contributed by atoms with Gasteiger partial charge in [0, 0.05) is 19.2 Å². The molecule has 16 heavy (non-hydrogen) atoms. The number of nitrogens with zero attached hydrogens (tertiary/aromatic N) is 1. The zero-order valence-electron chi connectivity index (χ0n) is 9.51. The standard InChI is InChI=1S/C12H16N2O2/c1-9(6-7-15)10-4-3-5-11(8-10)14(2)12(13)16/h3-5,7-9H,6H2,1-2H3,(H2,13,16). The molecular weight excluding hydrogens is 204 g/mol. The first-order valence-corrected chi connectivity index (χ1v) is 5.13. The van der Waals surface area contributed by atoms with E-state index in [9.17, 15) is 9.59 Å². The van der Waals surface area contributed by atoms with Crippen LogP contribution in [0.5, 0.6) is 0 Å². The van der Waals surface area contributed by atoms with Crippen molar-refractivity contribution in [3.63, 3.8) is 0 Å². The van der Waals surface area contributed by atoms with Gasteiger partial charge in [-0.05, 0) is 23.6 Å². The molecule has 2 N–H and O–H groups in total. The van der Waals surface area contributed by atoms with Gasteiger partial charge in [0.1, 0.15) is 6.29 Å². The number of hydrogen-bond donors (Lipinski definition) is 1. The molecule has 0 aliphatic carbocycles. The van der Waals surface area contributed by atoms with Crippen molar-refractivity contribution in [3.8, 4) is 0 Å². The molecule has 1 aromatic carbocycles. The fourth-order valence-corrected chi connectivity index (χ4v) is 1.45. The molecule has 86 valence electrons. The molecule has 0 saturated heterocycles. The molecule has 1 rings (SSSR count). The Morgan fingerprint density at radius 3 is 2.81 bits per heavy atom. The Hall–Kier alpha value is -1.84. The number of carbonyl (C=O) groups excluding carboxylic acids is 2. The fourth-order valence-electron chi connectivity index (χ4n) is 1.45. The Labute approximate surface area is 95.0 Å². The third-order valence-corrected chi connectivity index (χ3v) is 2.61. The first-order valence-electron chi connectivity index (χ1n) is 5.13. The van der Waals surface area contributed by atoms with Gasteiger partial charge in [0.05, 0.1) is 0 Å². The third kappa shape index (κ3) is 2.82. The summed E-state index contributed by atoms with van der Waals surface area (Å²) in [6.07, 6.45) is 1.37. The number of aldehydes is 1. The molecule has 1 unspecified atom stereocenters. The van der Waals surface area contributed by atoms with Crippen LogP contribution in [0, 0.1) is 0 Å². The Morgan fingerprint density at radius 2 is 2.25 bits per heavy atom. The normalized spacial score (nSPS) is 11.9. The van der Waals surface area contributed by atoms with Crippen molar-refractivity contribution < 1.29 is 9.59 Å². The van der Waals surface area contributed by atoms with Crippen LogP contribution in [0.3, 0.4) is 0 Å². The Bertz CT molecular complexity index is 390. The predicted octanol–water partition coefficient (Wildman–Crippen LogP) is 1.89. The van der Waals surface area contributed by atoms with E-state index in [1.807, 2.05) is 31.2 Å². The molecule has 0 bridgehead atoms. The van der Waals surface area contributed by atoms with Gasteiger partial charge in [0.2, 0.25) is 0 Å². The maximum absolute atomic E-state index is 11.0. The second kappa shape index (κ2) is 5.30. The van der Waals surface area contributed by atoms with Crippen LogP contribution in [0.15, 0.2) is 24.3 Å². The monoisotopic (exact) mass is 220 g/mol. The van der Waals surface area contributed by atoms with E-state index < -0.39 is 6.03 Å². The molecule has 4 nitrogen and oxygen atoms in total. The van der Waals surface area contributed by atoms with Gasteiger partial charge in [-0.1, -0.05) is 19.1 Å². The van der Waals surface area contributed by atoms with E-state index in [4.69, 9.17) is 5.73 Å². The Kier molecular flexibility index (Phi) is 4.05. The summed E-state index contributed by atoms with van der Waals surface area (Å²) in [6.45, 7) is 1.97. The lowest BCUT2D eigenvalue weighted by Gasteiger charge is -2.16. The number of benzene rings is 1. The summed E-state index contributed by atoms with van der Waals surface area (Å²) < 4.78 is 0. The van der Waals surface area contributed by atoms with Crippen molar-refractivity contribution in [3.05, 3.63) is 29.8 Å². The first-order chi connectivity index (χ1) is 7.56. The van der Waals surface area contributed by atoms with Crippen LogP contribution in [-0.2, 0) is 4.79 Å². The lowest BCUT2D eigenvalue weighted by Crippen LogP contribution is -2.31. The molecule has 1 atom stereocenters. The number of rotatable bonds is 4. The molecule has 4 heteroatoms. The van der Waals surface area contributed by atoms with Crippen molar-refractivity contribution >= 4 is 18.0 Å². The van der Waals surface area contributed by atoms with Crippen LogP contribution in [-0.4, -0.2) is 19.4 Å². The number of primary amides is 1. The SMILES string of the molecule is CC(CC=O)c1cccc(N(C)C(N)=O)c1. The number of urea groups is 1. The average Bonchev–Trinajstić information content (AvgIpc) is 2.28. The highest BCUT2D eigenvalue weighted by Gasteiger charge is 2.09. The second-order valence-corrected chi connectivity index (χ2v) is 3.80. The summed E-state index contributed by atoms with van der Waals surface area (Å²) >= 11 is 0. The zero-order chi connectivity index (χ0) is 12.1. The molecule has 0 saturated carbocycles. The highest BCUT2D eigenvalue weighted by Crippen LogP contribution is 2.22. The number of amides is 2. The molecule has 0 fully saturated rings. The molecule has 0 radical (unpaired) electrons. The predicted molar refractivity (Wildman–Crippen MR) is 63.5 cm³/mol. The molecule has 0 spiro atoms. The van der Waals surface area contributed by atoms with Gasteiger partial charge in [-0.15, -0.1) is 0 Å². The van der Waals surface area contributed by atoms with Crippen LogP contribution in [0.4, 0.5) is 10.5 Å². The highest BCUT2D eigenvalue weighted by molar-refractivity contribution is 5.90. The van der Waals surface area contributed by atoms with E-state index in [2.05, 4.69) is 0 Å². The Balaban J connectivity index is 2.94. The van der Waals surface area contributed by atoms with Gasteiger partial charge in [-0.2, -0.15) is 0 Å². The van der Waals surface area contributed by atoms with E-state index in [-0.39, 0.29) is 5.92 Å². The van der Waals surface area contributed by atoms with Crippen LogP contribution < -0.4 is 10.6 Å². The molecule has 0 aromatic heterocycles. The highest BCUT2D eigenvalue weighted by atomic mass is 16.2. The van der Waals surface area contributed by atoms with Crippen LogP contribution in [0.2, 0.25) is 0 Å². The van der Waals surface area contributed by atoms with Gasteiger partial charge >= 0.3 is 6.03 Å². The van der Waals surface area contributed by atoms with Gasteiger partial charge < -0.3 is 10.5 Å². The van der Waals surface area contributed by atoms with E-state index in [1.54, 1.807) is 7.05 Å². The summed E-state index contributed by atoms with van der Waals surface area (Å²) in [7, 11) is 1.62. The van der Waals surface area contributed by atoms with Gasteiger partial charge in [-0.25, -0.2) is 4.79 Å². The molecule has 0 aliphatic heterocycles. The summed E-state index contributed by atoms with van der Waals surface area (Å²) in [5.74, 6) is 0.152. The van der Waals surface area contributed by atoms with E-state index in [1.165, 1.54) is 4.90 Å². The van der Waals surface area contributed by atoms with E-state index in [0.717, 1.165) is 17.5 Å². The minimum absolute atomic E-state index is 0.152.